The topological polar surface area (TPSA) is 39.3 Å². The van der Waals surface area contributed by atoms with E-state index in [1.807, 2.05) is 6.07 Å². The van der Waals surface area contributed by atoms with Crippen molar-refractivity contribution in [1.29, 1.82) is 0 Å². The van der Waals surface area contributed by atoms with Crippen molar-refractivity contribution in [3.05, 3.63) is 237 Å². The molecule has 1 radical (unpaired) electrons. The fourth-order valence-electron chi connectivity index (χ4n) is 10.8. The number of fused-ring (bicyclic) bond motifs is 8. The predicted octanol–water partition coefficient (Wildman–Crippen LogP) is 10.4. The molecule has 0 saturated carbocycles. The Bertz CT molecular complexity index is 3640. The number of ether oxygens (including phenoxy) is 1. The second kappa shape index (κ2) is 15.2. The first-order valence-corrected chi connectivity index (χ1v) is 24.5. The molecule has 1 aliphatic rings. The quantitative estimate of drug-likeness (QED) is 0.128. The van der Waals surface area contributed by atoms with Crippen LogP contribution in [0.4, 0.5) is 0 Å². The summed E-state index contributed by atoms with van der Waals surface area (Å²) in [6, 6.07) is 84.3. The van der Waals surface area contributed by atoms with Gasteiger partial charge in [0, 0.05) is 44.9 Å². The van der Waals surface area contributed by atoms with Crippen LogP contribution in [0.2, 0.25) is 0 Å². The largest absolute Gasteiger partial charge is 0.507 e. The summed E-state index contributed by atoms with van der Waals surface area (Å²) in [7, 11) is -0.597. The third-order valence-corrected chi connectivity index (χ3v) is 18.4. The van der Waals surface area contributed by atoms with Gasteiger partial charge in [-0.2, -0.15) is 0 Å². The minimum absolute atomic E-state index is 0.190. The maximum absolute atomic E-state index is 12.3. The van der Waals surface area contributed by atoms with Gasteiger partial charge in [0.15, 0.2) is 8.07 Å². The smallest absolute Gasteiger partial charge is 0.202 e. The summed E-state index contributed by atoms with van der Waals surface area (Å²) in [6.07, 6.45) is 0. The fraction of sp³-hybridized carbons (Fsp3) is 0. The molecule has 13 rings (SSSR count). The van der Waals surface area contributed by atoms with Crippen LogP contribution in [-0.2, 0) is 0 Å². The first kappa shape index (κ1) is 38.2. The van der Waals surface area contributed by atoms with Gasteiger partial charge in [0.2, 0.25) is 7.28 Å². The van der Waals surface area contributed by atoms with Gasteiger partial charge in [-0.3, -0.25) is 0 Å². The van der Waals surface area contributed by atoms with Crippen LogP contribution in [0.3, 0.4) is 0 Å². The van der Waals surface area contributed by atoms with E-state index in [0.29, 0.717) is 0 Å². The van der Waals surface area contributed by atoms with Crippen molar-refractivity contribution in [2.24, 2.45) is 0 Å². The normalized spacial score (nSPS) is 12.2. The van der Waals surface area contributed by atoms with Crippen LogP contribution >= 0.6 is 0 Å². The van der Waals surface area contributed by atoms with Gasteiger partial charge in [-0.1, -0.05) is 176 Å². The molecule has 10 aromatic carbocycles. The Balaban J connectivity index is 1.02. The number of hydrogen-bond donors (Lipinski definition) is 1. The zero-order chi connectivity index (χ0) is 43.8. The molecule has 4 nitrogen and oxygen atoms in total. The number of para-hydroxylation sites is 4. The summed E-state index contributed by atoms with van der Waals surface area (Å²) in [5.41, 5.74) is 9.72. The first-order valence-electron chi connectivity index (χ1n) is 22.5. The molecule has 6 heteroatoms. The van der Waals surface area contributed by atoms with E-state index in [2.05, 4.69) is 247 Å². The molecule has 12 aromatic rings. The van der Waals surface area contributed by atoms with E-state index >= 15 is 0 Å². The van der Waals surface area contributed by atoms with Crippen LogP contribution in [-0.4, -0.2) is 29.6 Å². The summed E-state index contributed by atoms with van der Waals surface area (Å²) >= 11 is 0. The Morgan fingerprint density at radius 3 is 1.30 bits per heavy atom. The van der Waals surface area contributed by atoms with Gasteiger partial charge in [-0.05, 0) is 85.8 Å². The minimum Gasteiger partial charge on any atom is -0.507 e. The number of hydrogen-bond acceptors (Lipinski definition) is 2. The molecular weight excluding hydrogens is 820 g/mol. The van der Waals surface area contributed by atoms with E-state index in [1.54, 1.807) is 0 Å². The van der Waals surface area contributed by atoms with Gasteiger partial charge in [-0.25, -0.2) is 0 Å². The van der Waals surface area contributed by atoms with E-state index in [0.717, 1.165) is 67.0 Å². The van der Waals surface area contributed by atoms with Gasteiger partial charge in [0.1, 0.15) is 17.2 Å². The van der Waals surface area contributed by atoms with Gasteiger partial charge in [-0.15, -0.1) is 0 Å². The second-order valence-electron chi connectivity index (χ2n) is 17.2. The van der Waals surface area contributed by atoms with Gasteiger partial charge < -0.3 is 19.0 Å². The number of aromatic nitrogens is 2. The molecule has 1 N–H and O–H groups in total. The number of phenolic OH excluding ortho intramolecular Hbond substituents is 1. The molecule has 0 amide bonds. The molecule has 0 spiro atoms. The molecule has 0 unspecified atom stereocenters. The summed E-state index contributed by atoms with van der Waals surface area (Å²) in [5, 5.41) is 22.2. The lowest BCUT2D eigenvalue weighted by molar-refractivity contribution is 0.477. The number of benzene rings is 10. The van der Waals surface area contributed by atoms with Crippen LogP contribution in [0.15, 0.2) is 237 Å². The number of rotatable bonds is 7. The Kier molecular flexibility index (Phi) is 8.76. The number of nitrogens with zero attached hydrogens (tertiary/aromatic N) is 2. The zero-order valence-electron chi connectivity index (χ0n) is 35.8. The van der Waals surface area contributed by atoms with E-state index in [-0.39, 0.29) is 5.75 Å². The molecule has 1 aliphatic heterocycles. The Morgan fingerprint density at radius 1 is 0.364 bits per heavy atom. The van der Waals surface area contributed by atoms with Crippen molar-refractivity contribution < 1.29 is 9.84 Å². The van der Waals surface area contributed by atoms with Gasteiger partial charge in [0.05, 0.1) is 27.8 Å². The van der Waals surface area contributed by atoms with E-state index < -0.39 is 8.07 Å². The van der Waals surface area contributed by atoms with Crippen LogP contribution in [0.5, 0.6) is 17.2 Å². The summed E-state index contributed by atoms with van der Waals surface area (Å²) in [6.45, 7) is 0. The number of phenols is 1. The van der Waals surface area contributed by atoms with Gasteiger partial charge in [0.25, 0.3) is 0 Å². The minimum atomic E-state index is -2.83. The second-order valence-corrected chi connectivity index (χ2v) is 21.0. The van der Waals surface area contributed by atoms with Crippen LogP contribution in [0.1, 0.15) is 0 Å². The standard InChI is InChI=1S/C60H40BN2O2Si/c64-57-37-40(62-53-28-14-10-24-46(53)47-25-11-15-29-54(47)62)32-34-50(57)51-36-41(63-55-30-16-12-26-48(55)49-27-13-17-31-56(49)63)38-59-60(51)61-52-35-33-45(39-58(52)65-59)66(42-18-4-1-5-19-42,43-20-6-2-7-21-43)44-22-8-3-9-23-44/h1-39,64H. The van der Waals surface area contributed by atoms with Crippen molar-refractivity contribution in [2.45, 2.75) is 0 Å². The average molecular weight is 860 g/mol. The molecule has 0 atom stereocenters. The zero-order valence-corrected chi connectivity index (χ0v) is 36.8. The van der Waals surface area contributed by atoms with Crippen LogP contribution < -0.4 is 36.4 Å². The predicted molar refractivity (Wildman–Crippen MR) is 277 cm³/mol. The molecule has 2 aromatic heterocycles. The molecule has 3 heterocycles. The molecule has 0 bridgehead atoms. The first-order chi connectivity index (χ1) is 32.6. The highest BCUT2D eigenvalue weighted by atomic mass is 28.3. The lowest BCUT2D eigenvalue weighted by atomic mass is 9.60. The number of aromatic hydroxyl groups is 1. The van der Waals surface area contributed by atoms with E-state index in [4.69, 9.17) is 4.74 Å². The summed E-state index contributed by atoms with van der Waals surface area (Å²) in [5.74, 6) is 1.72. The maximum atomic E-state index is 12.3. The fourth-order valence-corrected chi connectivity index (χ4v) is 15.6. The van der Waals surface area contributed by atoms with Crippen molar-refractivity contribution in [2.75, 3.05) is 0 Å². The Morgan fingerprint density at radius 2 is 0.818 bits per heavy atom. The molecular formula is C60H40BN2O2Si. The monoisotopic (exact) mass is 859 g/mol. The van der Waals surface area contributed by atoms with Crippen molar-refractivity contribution in [3.63, 3.8) is 0 Å². The van der Waals surface area contributed by atoms with Crippen LogP contribution in [0.25, 0.3) is 66.1 Å². The van der Waals surface area contributed by atoms with Crippen molar-refractivity contribution >= 4 is 90.6 Å². The Labute approximate surface area is 384 Å². The highest BCUT2D eigenvalue weighted by Gasteiger charge is 2.42. The lowest BCUT2D eigenvalue weighted by Gasteiger charge is -2.35. The highest BCUT2D eigenvalue weighted by Crippen LogP contribution is 2.40. The molecule has 0 aliphatic carbocycles. The van der Waals surface area contributed by atoms with E-state index in [9.17, 15) is 5.11 Å². The third kappa shape index (κ3) is 5.78. The van der Waals surface area contributed by atoms with Crippen LogP contribution in [0, 0.1) is 0 Å². The average Bonchev–Trinajstić information content (AvgIpc) is 3.90. The molecule has 0 saturated heterocycles. The summed E-state index contributed by atoms with van der Waals surface area (Å²) < 4.78 is 11.8. The lowest BCUT2D eigenvalue weighted by Crippen LogP contribution is -2.74. The SMILES string of the molecule is Oc1cc(-n2c3ccccc3c3ccccc32)ccc1-c1cc(-n2c3ccccc3c3ccccc32)cc2c1[B]c1ccc([Si](c3ccccc3)(c3ccccc3)c3ccccc3)cc1O2. The van der Waals surface area contributed by atoms with Gasteiger partial charge >= 0.3 is 0 Å². The maximum Gasteiger partial charge on any atom is 0.202 e. The third-order valence-electron chi connectivity index (χ3n) is 13.7. The van der Waals surface area contributed by atoms with Crippen molar-refractivity contribution in [1.82, 2.24) is 9.13 Å². The van der Waals surface area contributed by atoms with Crippen molar-refractivity contribution in [3.8, 4) is 39.8 Å². The van der Waals surface area contributed by atoms with E-state index in [1.165, 1.54) is 42.3 Å². The Hall–Kier alpha value is -8.32. The summed E-state index contributed by atoms with van der Waals surface area (Å²) in [4.78, 5) is 0. The molecule has 309 valence electrons. The molecule has 66 heavy (non-hydrogen) atoms. The molecule has 0 fully saturated rings. The highest BCUT2D eigenvalue weighted by molar-refractivity contribution is 7.20.